The summed E-state index contributed by atoms with van der Waals surface area (Å²) in [5.41, 5.74) is 8.94. The molecule has 156 valence electrons. The Balaban J connectivity index is 1.79. The number of benzene rings is 1. The minimum Gasteiger partial charge on any atom is -0.465 e. The first-order chi connectivity index (χ1) is 14.3. The maximum absolute atomic E-state index is 12.5. The van der Waals surface area contributed by atoms with E-state index in [1.165, 1.54) is 29.8 Å². The van der Waals surface area contributed by atoms with Crippen LogP contribution >= 0.6 is 34.9 Å². The van der Waals surface area contributed by atoms with Gasteiger partial charge in [0.05, 0.1) is 12.7 Å². The largest absolute Gasteiger partial charge is 0.465 e. The number of hydrogen-bond acceptors (Lipinski definition) is 6. The van der Waals surface area contributed by atoms with Gasteiger partial charge in [-0.25, -0.2) is 4.79 Å². The minimum atomic E-state index is -0.461. The van der Waals surface area contributed by atoms with Gasteiger partial charge in [-0.3, -0.25) is 15.6 Å². The van der Waals surface area contributed by atoms with Crippen LogP contribution in [0.2, 0.25) is 0 Å². The van der Waals surface area contributed by atoms with E-state index in [-0.39, 0.29) is 11.0 Å². The smallest absolute Gasteiger partial charge is 0.341 e. The lowest BCUT2D eigenvalue weighted by Gasteiger charge is -2.12. The van der Waals surface area contributed by atoms with Crippen LogP contribution in [0, 0.1) is 20.8 Å². The second-order valence-electron chi connectivity index (χ2n) is 6.46. The van der Waals surface area contributed by atoms with Crippen molar-refractivity contribution in [2.75, 3.05) is 12.4 Å². The highest BCUT2D eigenvalue weighted by Gasteiger charge is 2.24. The number of hydrazine groups is 1. The zero-order valence-corrected chi connectivity index (χ0v) is 19.4. The van der Waals surface area contributed by atoms with Gasteiger partial charge in [-0.05, 0) is 44.1 Å². The summed E-state index contributed by atoms with van der Waals surface area (Å²) in [4.78, 5) is 26.9. The van der Waals surface area contributed by atoms with Crippen molar-refractivity contribution in [3.8, 4) is 11.1 Å². The Morgan fingerprint density at radius 1 is 1.03 bits per heavy atom. The van der Waals surface area contributed by atoms with Crippen LogP contribution in [-0.2, 0) is 4.74 Å². The van der Waals surface area contributed by atoms with Gasteiger partial charge < -0.3 is 10.1 Å². The van der Waals surface area contributed by atoms with Crippen molar-refractivity contribution in [2.24, 2.45) is 0 Å². The quantitative estimate of drug-likeness (QED) is 0.295. The highest BCUT2D eigenvalue weighted by atomic mass is 32.1. The van der Waals surface area contributed by atoms with Gasteiger partial charge in [-0.1, -0.05) is 30.3 Å². The second kappa shape index (κ2) is 9.38. The van der Waals surface area contributed by atoms with Crippen molar-refractivity contribution in [1.29, 1.82) is 0 Å². The normalized spacial score (nSPS) is 10.4. The predicted molar refractivity (Wildman–Crippen MR) is 126 cm³/mol. The van der Waals surface area contributed by atoms with E-state index in [1.54, 1.807) is 0 Å². The molecular formula is C21H21N3O3S3. The topological polar surface area (TPSA) is 79.5 Å². The van der Waals surface area contributed by atoms with Gasteiger partial charge in [0.25, 0.3) is 5.91 Å². The molecule has 9 heteroatoms. The van der Waals surface area contributed by atoms with Gasteiger partial charge in [0, 0.05) is 20.7 Å². The molecular weight excluding hydrogens is 438 g/mol. The van der Waals surface area contributed by atoms with Crippen molar-refractivity contribution >= 4 is 56.9 Å². The third-order valence-electron chi connectivity index (χ3n) is 4.58. The van der Waals surface area contributed by atoms with Gasteiger partial charge >= 0.3 is 5.97 Å². The molecule has 3 rings (SSSR count). The summed E-state index contributed by atoms with van der Waals surface area (Å²) >= 11 is 8.23. The summed E-state index contributed by atoms with van der Waals surface area (Å²) in [6, 6.07) is 9.62. The number of carbonyl (C=O) groups is 2. The molecule has 2 aromatic heterocycles. The number of carbonyl (C=O) groups excluding carboxylic acids is 2. The number of amides is 1. The Hall–Kier alpha value is -2.75. The van der Waals surface area contributed by atoms with Gasteiger partial charge in [0.1, 0.15) is 10.6 Å². The maximum atomic E-state index is 12.5. The van der Waals surface area contributed by atoms with Gasteiger partial charge in [-0.2, -0.15) is 0 Å². The number of rotatable bonds is 4. The average molecular weight is 460 g/mol. The molecule has 0 bridgehead atoms. The summed E-state index contributed by atoms with van der Waals surface area (Å²) in [6.07, 6.45) is 0. The molecule has 0 aliphatic rings. The number of esters is 1. The molecule has 1 amide bonds. The van der Waals surface area contributed by atoms with Gasteiger partial charge in [0.15, 0.2) is 5.11 Å². The molecule has 0 unspecified atom stereocenters. The number of nitrogens with one attached hydrogen (secondary N) is 3. The van der Waals surface area contributed by atoms with Crippen LogP contribution in [0.4, 0.5) is 5.00 Å². The third-order valence-corrected chi connectivity index (χ3v) is 6.82. The summed E-state index contributed by atoms with van der Waals surface area (Å²) in [5, 5.41) is 5.53. The lowest BCUT2D eigenvalue weighted by molar-refractivity contribution is 0.0603. The number of ether oxygens (including phenoxy) is 1. The summed E-state index contributed by atoms with van der Waals surface area (Å²) in [6.45, 7) is 5.80. The van der Waals surface area contributed by atoms with Crippen molar-refractivity contribution in [3.05, 3.63) is 62.2 Å². The van der Waals surface area contributed by atoms with E-state index in [2.05, 4.69) is 16.2 Å². The van der Waals surface area contributed by atoms with E-state index < -0.39 is 5.97 Å². The number of anilines is 1. The Morgan fingerprint density at radius 3 is 2.33 bits per heavy atom. The van der Waals surface area contributed by atoms with Crippen LogP contribution in [0.5, 0.6) is 0 Å². The number of thiocarbonyl (C=S) groups is 1. The molecule has 30 heavy (non-hydrogen) atoms. The Kier molecular flexibility index (Phi) is 6.86. The summed E-state index contributed by atoms with van der Waals surface area (Å²) < 4.78 is 5.00. The van der Waals surface area contributed by atoms with Gasteiger partial charge in [-0.15, -0.1) is 22.7 Å². The molecule has 0 aliphatic heterocycles. The SMILES string of the molecule is COC(=O)c1c(NC(=S)NNC(=O)c2csc(C)c2C)sc(C)c1-c1ccccc1. The monoisotopic (exact) mass is 459 g/mol. The van der Waals surface area contributed by atoms with Crippen molar-refractivity contribution in [3.63, 3.8) is 0 Å². The highest BCUT2D eigenvalue weighted by molar-refractivity contribution is 7.80. The maximum Gasteiger partial charge on any atom is 0.341 e. The zero-order valence-electron chi connectivity index (χ0n) is 16.9. The van der Waals surface area contributed by atoms with E-state index in [4.69, 9.17) is 17.0 Å². The fourth-order valence-electron chi connectivity index (χ4n) is 2.93. The fraction of sp³-hybridized carbons (Fsp3) is 0.190. The van der Waals surface area contributed by atoms with Crippen LogP contribution in [0.3, 0.4) is 0 Å². The number of methoxy groups -OCH3 is 1. The molecule has 6 nitrogen and oxygen atoms in total. The Labute approximate surface area is 188 Å². The minimum absolute atomic E-state index is 0.166. The van der Waals surface area contributed by atoms with Gasteiger partial charge in [0.2, 0.25) is 0 Å². The van der Waals surface area contributed by atoms with Crippen LogP contribution in [0.15, 0.2) is 35.7 Å². The Bertz CT molecular complexity index is 1100. The highest BCUT2D eigenvalue weighted by Crippen LogP contribution is 2.40. The average Bonchev–Trinajstić information content (AvgIpc) is 3.25. The molecule has 0 spiro atoms. The number of aryl methyl sites for hydroxylation is 2. The number of thiophene rings is 2. The van der Waals surface area contributed by atoms with Crippen LogP contribution in [0.25, 0.3) is 11.1 Å². The molecule has 0 atom stereocenters. The van der Waals surface area contributed by atoms with Crippen molar-refractivity contribution in [1.82, 2.24) is 10.9 Å². The van der Waals surface area contributed by atoms with E-state index >= 15 is 0 Å². The van der Waals surface area contributed by atoms with E-state index in [1.807, 2.05) is 56.5 Å². The molecule has 1 aromatic carbocycles. The molecule has 0 saturated carbocycles. The first-order valence-corrected chi connectivity index (χ1v) is 11.1. The first-order valence-electron chi connectivity index (χ1n) is 9.02. The second-order valence-corrected chi connectivity index (χ2v) is 9.18. The van der Waals surface area contributed by atoms with Crippen LogP contribution in [0.1, 0.15) is 36.0 Å². The molecule has 0 radical (unpaired) electrons. The standard InChI is InChI=1S/C21H21N3O3S3/c1-11-12(2)29-10-15(11)18(25)23-24-21(28)22-19-17(20(26)27-4)16(13(3)30-19)14-8-6-5-7-9-14/h5-10H,1-4H3,(H,23,25)(H2,22,24,28). The van der Waals surface area contributed by atoms with Crippen molar-refractivity contribution < 1.29 is 14.3 Å². The molecule has 3 N–H and O–H groups in total. The fourth-order valence-corrected chi connectivity index (χ4v) is 5.09. The zero-order chi connectivity index (χ0) is 21.8. The van der Waals surface area contributed by atoms with E-state index in [0.717, 1.165) is 26.4 Å². The predicted octanol–water partition coefficient (Wildman–Crippen LogP) is 4.82. The summed E-state index contributed by atoms with van der Waals surface area (Å²) in [7, 11) is 1.34. The lowest BCUT2D eigenvalue weighted by atomic mass is 10.0. The summed E-state index contributed by atoms with van der Waals surface area (Å²) in [5.74, 6) is -0.738. The molecule has 0 saturated heterocycles. The third kappa shape index (κ3) is 4.53. The lowest BCUT2D eigenvalue weighted by Crippen LogP contribution is -2.43. The van der Waals surface area contributed by atoms with E-state index in [9.17, 15) is 9.59 Å². The molecule has 3 aromatic rings. The molecule has 0 fully saturated rings. The van der Waals surface area contributed by atoms with Crippen molar-refractivity contribution in [2.45, 2.75) is 20.8 Å². The van der Waals surface area contributed by atoms with E-state index in [0.29, 0.717) is 16.1 Å². The Morgan fingerprint density at radius 2 is 1.73 bits per heavy atom. The molecule has 0 aliphatic carbocycles. The first kappa shape index (κ1) is 21.9. The molecule has 2 heterocycles. The van der Waals surface area contributed by atoms with Crippen LogP contribution < -0.4 is 16.2 Å². The van der Waals surface area contributed by atoms with Crippen LogP contribution in [-0.4, -0.2) is 24.1 Å². The number of hydrogen-bond donors (Lipinski definition) is 3.